The maximum absolute atomic E-state index is 12.4. The number of pyridine rings is 1. The molecule has 0 fully saturated rings. The lowest BCUT2D eigenvalue weighted by atomic mass is 10.2. The lowest BCUT2D eigenvalue weighted by Crippen LogP contribution is -2.17. The number of aryl methyl sites for hydroxylation is 2. The highest BCUT2D eigenvalue weighted by atomic mass is 79.9. The van der Waals surface area contributed by atoms with Crippen molar-refractivity contribution in [2.45, 2.75) is 25.3 Å². The van der Waals surface area contributed by atoms with Gasteiger partial charge in [0.1, 0.15) is 22.2 Å². The zero-order valence-corrected chi connectivity index (χ0v) is 13.4. The van der Waals surface area contributed by atoms with Crippen molar-refractivity contribution >= 4 is 31.8 Å². The number of halogens is 1. The Morgan fingerprint density at radius 3 is 2.60 bits per heavy atom. The number of nitrogens with two attached hydrogens (primary N) is 1. The lowest BCUT2D eigenvalue weighted by Gasteiger charge is -2.08. The number of hydrogen-bond acceptors (Lipinski definition) is 5. The molecule has 0 saturated heterocycles. The SMILES string of the molecule is Cc1oc(C)c(S(=O)(=O)Nc2ccc(Br)cn2)c1CN. The molecule has 2 aromatic heterocycles. The zero-order chi connectivity index (χ0) is 14.9. The van der Waals surface area contributed by atoms with Gasteiger partial charge < -0.3 is 10.2 Å². The Morgan fingerprint density at radius 1 is 1.35 bits per heavy atom. The summed E-state index contributed by atoms with van der Waals surface area (Å²) >= 11 is 3.24. The van der Waals surface area contributed by atoms with Gasteiger partial charge in [-0.3, -0.25) is 4.72 Å². The van der Waals surface area contributed by atoms with E-state index in [0.717, 1.165) is 4.47 Å². The van der Waals surface area contributed by atoms with E-state index in [1.165, 1.54) is 6.20 Å². The van der Waals surface area contributed by atoms with Crippen molar-refractivity contribution in [2.24, 2.45) is 5.73 Å². The molecule has 108 valence electrons. The van der Waals surface area contributed by atoms with Gasteiger partial charge in [-0.2, -0.15) is 0 Å². The number of hydrogen-bond donors (Lipinski definition) is 2. The van der Waals surface area contributed by atoms with Crippen LogP contribution in [0.4, 0.5) is 5.82 Å². The molecule has 0 radical (unpaired) electrons. The normalized spacial score (nSPS) is 11.6. The van der Waals surface area contributed by atoms with Gasteiger partial charge in [-0.25, -0.2) is 13.4 Å². The maximum Gasteiger partial charge on any atom is 0.266 e. The minimum Gasteiger partial charge on any atom is -0.465 e. The molecule has 0 aliphatic rings. The predicted octanol–water partition coefficient (Wildman–Crippen LogP) is 2.31. The standard InChI is InChI=1S/C12H14BrN3O3S/c1-7-10(5-14)12(8(2)19-7)20(17,18)16-11-4-3-9(13)6-15-11/h3-4,6H,5,14H2,1-2H3,(H,15,16). The molecular weight excluding hydrogens is 346 g/mol. The molecule has 2 heterocycles. The monoisotopic (exact) mass is 359 g/mol. The third-order valence-corrected chi connectivity index (χ3v) is 4.78. The van der Waals surface area contributed by atoms with Crippen LogP contribution in [0.2, 0.25) is 0 Å². The fourth-order valence-corrected chi connectivity index (χ4v) is 3.63. The number of aromatic nitrogens is 1. The molecule has 0 aliphatic carbocycles. The summed E-state index contributed by atoms with van der Waals surface area (Å²) < 4.78 is 33.4. The summed E-state index contributed by atoms with van der Waals surface area (Å²) in [5, 5.41) is 0. The van der Waals surface area contributed by atoms with Crippen molar-refractivity contribution in [3.8, 4) is 0 Å². The predicted molar refractivity (Wildman–Crippen MR) is 78.8 cm³/mol. The number of sulfonamides is 1. The average Bonchev–Trinajstić information content (AvgIpc) is 2.66. The Balaban J connectivity index is 2.43. The fraction of sp³-hybridized carbons (Fsp3) is 0.250. The number of nitrogens with zero attached hydrogens (tertiary/aromatic N) is 1. The van der Waals surface area contributed by atoms with Gasteiger partial charge in [-0.1, -0.05) is 0 Å². The van der Waals surface area contributed by atoms with Crippen molar-refractivity contribution in [2.75, 3.05) is 4.72 Å². The Hall–Kier alpha value is -1.38. The minimum absolute atomic E-state index is 0.0854. The molecule has 0 spiro atoms. The third-order valence-electron chi connectivity index (χ3n) is 2.76. The molecular formula is C12H14BrN3O3S. The molecule has 2 rings (SSSR count). The molecule has 6 nitrogen and oxygen atoms in total. The van der Waals surface area contributed by atoms with Gasteiger partial charge in [-0.05, 0) is 41.9 Å². The largest absolute Gasteiger partial charge is 0.465 e. The summed E-state index contributed by atoms with van der Waals surface area (Å²) in [6.45, 7) is 3.37. The van der Waals surface area contributed by atoms with Gasteiger partial charge in [-0.15, -0.1) is 0 Å². The summed E-state index contributed by atoms with van der Waals surface area (Å²) in [6, 6.07) is 3.26. The van der Waals surface area contributed by atoms with E-state index in [1.54, 1.807) is 26.0 Å². The summed E-state index contributed by atoms with van der Waals surface area (Å²) in [7, 11) is -3.78. The van der Waals surface area contributed by atoms with E-state index in [1.807, 2.05) is 0 Å². The highest BCUT2D eigenvalue weighted by Crippen LogP contribution is 2.27. The van der Waals surface area contributed by atoms with Crippen LogP contribution in [-0.4, -0.2) is 13.4 Å². The first-order chi connectivity index (χ1) is 9.35. The summed E-state index contributed by atoms with van der Waals surface area (Å²) in [5.41, 5.74) is 6.08. The zero-order valence-electron chi connectivity index (χ0n) is 11.0. The topological polar surface area (TPSA) is 98.2 Å². The molecule has 0 unspecified atom stereocenters. The van der Waals surface area contributed by atoms with Crippen molar-refractivity contribution in [1.29, 1.82) is 0 Å². The average molecular weight is 360 g/mol. The molecule has 0 atom stereocenters. The van der Waals surface area contributed by atoms with Crippen LogP contribution in [0.25, 0.3) is 0 Å². The van der Waals surface area contributed by atoms with Gasteiger partial charge in [0.25, 0.3) is 10.0 Å². The molecule has 0 aromatic carbocycles. The Morgan fingerprint density at radius 2 is 2.05 bits per heavy atom. The van der Waals surface area contributed by atoms with Crippen LogP contribution in [0.15, 0.2) is 32.1 Å². The van der Waals surface area contributed by atoms with Crippen LogP contribution in [0.1, 0.15) is 17.1 Å². The van der Waals surface area contributed by atoms with Crippen molar-refractivity contribution < 1.29 is 12.8 Å². The lowest BCUT2D eigenvalue weighted by molar-refractivity contribution is 0.494. The molecule has 3 N–H and O–H groups in total. The third kappa shape index (κ3) is 2.87. The molecule has 0 aliphatic heterocycles. The maximum atomic E-state index is 12.4. The second-order valence-corrected chi connectivity index (χ2v) is 6.73. The molecule has 0 bridgehead atoms. The Labute approximate surface area is 125 Å². The van der Waals surface area contributed by atoms with Gasteiger partial charge in [0.05, 0.1) is 0 Å². The summed E-state index contributed by atoms with van der Waals surface area (Å²) in [5.74, 6) is 1.05. The quantitative estimate of drug-likeness (QED) is 0.872. The first-order valence-corrected chi connectivity index (χ1v) is 8.06. The smallest absolute Gasteiger partial charge is 0.266 e. The van der Waals surface area contributed by atoms with Crippen molar-refractivity contribution in [3.63, 3.8) is 0 Å². The number of furan rings is 1. The molecule has 2 aromatic rings. The highest BCUT2D eigenvalue weighted by Gasteiger charge is 2.26. The molecule has 20 heavy (non-hydrogen) atoms. The van der Waals surface area contributed by atoms with E-state index in [2.05, 4.69) is 25.6 Å². The van der Waals surface area contributed by atoms with Crippen molar-refractivity contribution in [3.05, 3.63) is 39.9 Å². The first-order valence-electron chi connectivity index (χ1n) is 5.78. The van der Waals surface area contributed by atoms with E-state index < -0.39 is 10.0 Å². The van der Waals surface area contributed by atoms with Crippen LogP contribution in [0.3, 0.4) is 0 Å². The van der Waals surface area contributed by atoms with Crippen molar-refractivity contribution in [1.82, 2.24) is 4.98 Å². The number of anilines is 1. The van der Waals surface area contributed by atoms with Crippen LogP contribution < -0.4 is 10.5 Å². The van der Waals surface area contributed by atoms with E-state index in [-0.39, 0.29) is 17.3 Å². The van der Waals surface area contributed by atoms with Crippen LogP contribution in [0, 0.1) is 13.8 Å². The second-order valence-electron chi connectivity index (χ2n) is 4.19. The molecule has 0 saturated carbocycles. The minimum atomic E-state index is -3.78. The van der Waals surface area contributed by atoms with Gasteiger partial charge in [0.2, 0.25) is 0 Å². The van der Waals surface area contributed by atoms with E-state index in [0.29, 0.717) is 17.1 Å². The van der Waals surface area contributed by atoms with Gasteiger partial charge >= 0.3 is 0 Å². The van der Waals surface area contributed by atoms with Crippen LogP contribution >= 0.6 is 15.9 Å². The Bertz CT molecular complexity index is 723. The summed E-state index contributed by atoms with van der Waals surface area (Å²) in [4.78, 5) is 4.07. The van der Waals surface area contributed by atoms with E-state index >= 15 is 0 Å². The van der Waals surface area contributed by atoms with Gasteiger partial charge in [0.15, 0.2) is 0 Å². The highest BCUT2D eigenvalue weighted by molar-refractivity contribution is 9.10. The molecule has 8 heteroatoms. The van der Waals surface area contributed by atoms with E-state index in [9.17, 15) is 8.42 Å². The Kier molecular flexibility index (Phi) is 4.17. The fourth-order valence-electron chi connectivity index (χ4n) is 1.92. The van der Waals surface area contributed by atoms with Crippen LogP contribution in [-0.2, 0) is 16.6 Å². The second kappa shape index (κ2) is 5.55. The molecule has 0 amide bonds. The number of rotatable bonds is 4. The summed E-state index contributed by atoms with van der Waals surface area (Å²) in [6.07, 6.45) is 1.51. The van der Waals surface area contributed by atoms with Crippen LogP contribution in [0.5, 0.6) is 0 Å². The number of nitrogens with one attached hydrogen (secondary N) is 1. The van der Waals surface area contributed by atoms with E-state index in [4.69, 9.17) is 10.2 Å². The van der Waals surface area contributed by atoms with Gasteiger partial charge in [0, 0.05) is 22.8 Å². The first kappa shape index (κ1) is 15.0.